The third kappa shape index (κ3) is 6.14. The molecule has 1 aromatic heterocycles. The first-order valence-corrected chi connectivity index (χ1v) is 7.94. The summed E-state index contributed by atoms with van der Waals surface area (Å²) in [6, 6.07) is 8.93. The van der Waals surface area contributed by atoms with Crippen LogP contribution < -0.4 is 5.32 Å². The van der Waals surface area contributed by atoms with Crippen molar-refractivity contribution in [1.82, 2.24) is 5.32 Å². The number of halogens is 1. The normalized spacial score (nSPS) is 11.4. The van der Waals surface area contributed by atoms with Crippen molar-refractivity contribution in [2.75, 3.05) is 6.79 Å². The highest BCUT2D eigenvalue weighted by molar-refractivity contribution is 6.30. The maximum atomic E-state index is 11.9. The van der Waals surface area contributed by atoms with Crippen LogP contribution in [0.2, 0.25) is 5.02 Å². The number of nitrogens with one attached hydrogen (secondary N) is 1. The van der Waals surface area contributed by atoms with E-state index >= 15 is 0 Å². The number of carboxylic acids is 1. The van der Waals surface area contributed by atoms with Gasteiger partial charge in [0.15, 0.2) is 0 Å². The fourth-order valence-electron chi connectivity index (χ4n) is 2.07. The highest BCUT2D eigenvalue weighted by Crippen LogP contribution is 2.21. The van der Waals surface area contributed by atoms with Crippen LogP contribution in [0.4, 0.5) is 4.79 Å². The molecule has 0 saturated heterocycles. The molecule has 8 nitrogen and oxygen atoms in total. The number of furan rings is 1. The summed E-state index contributed by atoms with van der Waals surface area (Å²) in [7, 11) is 0. The molecule has 26 heavy (non-hydrogen) atoms. The van der Waals surface area contributed by atoms with Crippen molar-refractivity contribution < 1.29 is 33.4 Å². The minimum atomic E-state index is -0.994. The lowest BCUT2D eigenvalue weighted by molar-refractivity contribution is -0.137. The molecule has 2 N–H and O–H groups in total. The number of carbonyl (C=O) groups excluding carboxylic acids is 2. The van der Waals surface area contributed by atoms with Gasteiger partial charge < -0.3 is 24.3 Å². The van der Waals surface area contributed by atoms with E-state index in [1.54, 1.807) is 24.3 Å². The number of hydrogen-bond acceptors (Lipinski definition) is 6. The Kier molecular flexibility index (Phi) is 7.04. The number of hydrogen-bond donors (Lipinski definition) is 2. The highest BCUT2D eigenvalue weighted by atomic mass is 35.5. The van der Waals surface area contributed by atoms with Gasteiger partial charge in [0, 0.05) is 11.4 Å². The smallest absolute Gasteiger partial charge is 0.410 e. The lowest BCUT2D eigenvalue weighted by Crippen LogP contribution is -2.30. The Morgan fingerprint density at radius 1 is 1.15 bits per heavy atom. The Balaban J connectivity index is 1.87. The number of carbonyl (C=O) groups is 3. The predicted molar refractivity (Wildman–Crippen MR) is 89.7 cm³/mol. The Morgan fingerprint density at radius 2 is 1.88 bits per heavy atom. The van der Waals surface area contributed by atoms with Crippen molar-refractivity contribution in [3.8, 4) is 0 Å². The Hall–Kier alpha value is -3.00. The van der Waals surface area contributed by atoms with Crippen LogP contribution in [-0.2, 0) is 14.3 Å². The molecule has 0 spiro atoms. The van der Waals surface area contributed by atoms with Crippen molar-refractivity contribution in [2.45, 2.75) is 18.9 Å². The molecule has 138 valence electrons. The molecule has 0 radical (unpaired) electrons. The van der Waals surface area contributed by atoms with Gasteiger partial charge in [0.05, 0.1) is 12.3 Å². The Bertz CT molecular complexity index is 743. The second-order valence-corrected chi connectivity index (χ2v) is 5.58. The summed E-state index contributed by atoms with van der Waals surface area (Å²) in [5.41, 5.74) is 0.667. The minimum Gasteiger partial charge on any atom is -0.481 e. The van der Waals surface area contributed by atoms with Crippen molar-refractivity contribution in [1.29, 1.82) is 0 Å². The van der Waals surface area contributed by atoms with Crippen LogP contribution in [0.3, 0.4) is 0 Å². The minimum absolute atomic E-state index is 0.0190. The maximum Gasteiger partial charge on any atom is 0.410 e. The summed E-state index contributed by atoms with van der Waals surface area (Å²) < 4.78 is 14.4. The zero-order valence-corrected chi connectivity index (χ0v) is 14.3. The first-order valence-electron chi connectivity index (χ1n) is 7.57. The number of aliphatic carboxylic acids is 1. The number of rotatable bonds is 8. The first kappa shape index (κ1) is 19.3. The maximum absolute atomic E-state index is 11.9. The molecule has 0 fully saturated rings. The molecular weight excluding hydrogens is 366 g/mol. The molecule has 0 bridgehead atoms. The van der Waals surface area contributed by atoms with E-state index in [-0.39, 0.29) is 18.6 Å². The van der Waals surface area contributed by atoms with Crippen LogP contribution in [0.25, 0.3) is 0 Å². The van der Waals surface area contributed by atoms with E-state index in [1.807, 2.05) is 0 Å². The molecule has 0 saturated carbocycles. The number of amides is 1. The fourth-order valence-corrected chi connectivity index (χ4v) is 2.20. The zero-order chi connectivity index (χ0) is 18.9. The standard InChI is InChI=1S/C17H16ClNO7/c18-12-5-3-11(4-6-12)13(7-8-15(20)21)19-17(23)26-10-25-16(22)14-2-1-9-24-14/h1-6,9,13H,7-8,10H2,(H,19,23)(H,20,21). The van der Waals surface area contributed by atoms with Crippen LogP contribution in [0, 0.1) is 0 Å². The number of carboxylic acid groups (broad SMARTS) is 1. The quantitative estimate of drug-likeness (QED) is 0.532. The molecule has 0 aliphatic rings. The van der Waals surface area contributed by atoms with Crippen LogP contribution >= 0.6 is 11.6 Å². The molecule has 1 unspecified atom stereocenters. The zero-order valence-electron chi connectivity index (χ0n) is 13.5. The van der Waals surface area contributed by atoms with Crippen molar-refractivity contribution in [3.05, 3.63) is 59.0 Å². The van der Waals surface area contributed by atoms with E-state index in [4.69, 9.17) is 30.6 Å². The van der Waals surface area contributed by atoms with E-state index in [0.717, 1.165) is 0 Å². The average molecular weight is 382 g/mol. The molecule has 1 heterocycles. The van der Waals surface area contributed by atoms with E-state index in [0.29, 0.717) is 10.6 Å². The summed E-state index contributed by atoms with van der Waals surface area (Å²) in [4.78, 5) is 34.2. The van der Waals surface area contributed by atoms with Crippen molar-refractivity contribution in [3.63, 3.8) is 0 Å². The van der Waals surface area contributed by atoms with E-state index in [2.05, 4.69) is 5.32 Å². The highest BCUT2D eigenvalue weighted by Gasteiger charge is 2.18. The Labute approximate surface area is 153 Å². The van der Waals surface area contributed by atoms with Gasteiger partial charge in [-0.25, -0.2) is 9.59 Å². The molecular formula is C17H16ClNO7. The van der Waals surface area contributed by atoms with Gasteiger partial charge in [-0.15, -0.1) is 0 Å². The molecule has 1 aromatic carbocycles. The molecule has 1 atom stereocenters. The third-order valence-corrected chi connectivity index (χ3v) is 3.57. The number of alkyl carbamates (subject to hydrolysis) is 1. The summed E-state index contributed by atoms with van der Waals surface area (Å²) in [6.07, 6.45) is 0.449. The number of esters is 1. The van der Waals surface area contributed by atoms with Crippen LogP contribution in [0.15, 0.2) is 47.1 Å². The van der Waals surface area contributed by atoms with Gasteiger partial charge in [-0.2, -0.15) is 0 Å². The summed E-state index contributed by atoms with van der Waals surface area (Å²) in [6.45, 7) is -0.613. The van der Waals surface area contributed by atoms with Gasteiger partial charge in [-0.3, -0.25) is 4.79 Å². The predicted octanol–water partition coefficient (Wildman–Crippen LogP) is 3.38. The monoisotopic (exact) mass is 381 g/mol. The lowest BCUT2D eigenvalue weighted by atomic mass is 10.0. The summed E-state index contributed by atoms with van der Waals surface area (Å²) >= 11 is 5.83. The fraction of sp³-hybridized carbons (Fsp3) is 0.235. The van der Waals surface area contributed by atoms with Gasteiger partial charge in [-0.1, -0.05) is 23.7 Å². The van der Waals surface area contributed by atoms with Crippen molar-refractivity contribution in [2.24, 2.45) is 0 Å². The molecule has 0 aliphatic carbocycles. The van der Waals surface area contributed by atoms with E-state index in [1.165, 1.54) is 18.4 Å². The summed E-state index contributed by atoms with van der Waals surface area (Å²) in [5.74, 6) is -1.79. The third-order valence-electron chi connectivity index (χ3n) is 3.31. The topological polar surface area (TPSA) is 115 Å². The second kappa shape index (κ2) is 9.47. The largest absolute Gasteiger partial charge is 0.481 e. The number of benzene rings is 1. The van der Waals surface area contributed by atoms with Gasteiger partial charge in [0.25, 0.3) is 0 Å². The molecule has 0 aliphatic heterocycles. The van der Waals surface area contributed by atoms with Gasteiger partial charge >= 0.3 is 18.0 Å². The van der Waals surface area contributed by atoms with Gasteiger partial charge in [0.1, 0.15) is 0 Å². The molecule has 1 amide bonds. The first-order chi connectivity index (χ1) is 12.5. The Morgan fingerprint density at radius 3 is 2.50 bits per heavy atom. The van der Waals surface area contributed by atoms with Gasteiger partial charge in [0.2, 0.25) is 12.6 Å². The molecule has 2 rings (SSSR count). The average Bonchev–Trinajstić information content (AvgIpc) is 3.14. The second-order valence-electron chi connectivity index (χ2n) is 5.14. The van der Waals surface area contributed by atoms with E-state index in [9.17, 15) is 14.4 Å². The lowest BCUT2D eigenvalue weighted by Gasteiger charge is -2.18. The summed E-state index contributed by atoms with van der Waals surface area (Å²) in [5, 5.41) is 11.9. The molecule has 2 aromatic rings. The van der Waals surface area contributed by atoms with Crippen LogP contribution in [-0.4, -0.2) is 29.9 Å². The van der Waals surface area contributed by atoms with E-state index < -0.39 is 30.9 Å². The van der Waals surface area contributed by atoms with Gasteiger partial charge in [-0.05, 0) is 36.2 Å². The van der Waals surface area contributed by atoms with Crippen molar-refractivity contribution >= 4 is 29.6 Å². The molecule has 9 heteroatoms. The number of ether oxygens (including phenoxy) is 2. The van der Waals surface area contributed by atoms with Crippen LogP contribution in [0.5, 0.6) is 0 Å². The SMILES string of the molecule is O=C(O)CCC(NC(=O)OCOC(=O)c1ccco1)c1ccc(Cl)cc1. The van der Waals surface area contributed by atoms with Crippen LogP contribution in [0.1, 0.15) is 35.0 Å².